The highest BCUT2D eigenvalue weighted by Crippen LogP contribution is 2.35. The maximum Gasteiger partial charge on any atom is 0.249 e. The van der Waals surface area contributed by atoms with E-state index >= 15 is 0 Å². The molecule has 0 aliphatic rings. The van der Waals surface area contributed by atoms with E-state index in [2.05, 4.69) is 0 Å². The van der Waals surface area contributed by atoms with Gasteiger partial charge in [-0.15, -0.1) is 0 Å². The van der Waals surface area contributed by atoms with Gasteiger partial charge in [0.2, 0.25) is 5.91 Å². The average Bonchev–Trinajstić information content (AvgIpc) is 2.94. The fourth-order valence-corrected chi connectivity index (χ4v) is 3.75. The third-order valence-corrected chi connectivity index (χ3v) is 5.34. The normalized spacial score (nSPS) is 11.3. The second-order valence-electron chi connectivity index (χ2n) is 6.00. The maximum atomic E-state index is 14.7. The van der Waals surface area contributed by atoms with Gasteiger partial charge >= 0.3 is 0 Å². The molecular formula is C20H13Cl2FN2O. The number of primary amides is 1. The molecule has 3 aromatic carbocycles. The van der Waals surface area contributed by atoms with Gasteiger partial charge in [0.15, 0.2) is 0 Å². The van der Waals surface area contributed by atoms with Crippen molar-refractivity contribution in [2.75, 3.05) is 0 Å². The first-order valence-electron chi connectivity index (χ1n) is 7.91. The molecule has 26 heavy (non-hydrogen) atoms. The van der Waals surface area contributed by atoms with Crippen LogP contribution in [0.15, 0.2) is 54.6 Å². The molecule has 0 unspecified atom stereocenters. The lowest BCUT2D eigenvalue weighted by molar-refractivity contribution is 0.100. The number of nitrogens with two attached hydrogens (primary N) is 1. The van der Waals surface area contributed by atoms with Crippen LogP contribution >= 0.6 is 23.2 Å². The van der Waals surface area contributed by atoms with Crippen LogP contribution in [0.1, 0.15) is 15.9 Å². The molecule has 6 heteroatoms. The first-order valence-corrected chi connectivity index (χ1v) is 8.66. The van der Waals surface area contributed by atoms with Gasteiger partial charge in [-0.25, -0.2) is 4.39 Å². The van der Waals surface area contributed by atoms with Crippen LogP contribution in [-0.2, 0) is 6.54 Å². The number of nitrogens with zero attached hydrogens (tertiary/aromatic N) is 1. The van der Waals surface area contributed by atoms with Crippen LogP contribution < -0.4 is 5.73 Å². The number of amides is 1. The Morgan fingerprint density at radius 1 is 1.04 bits per heavy atom. The molecule has 3 nitrogen and oxygen atoms in total. The van der Waals surface area contributed by atoms with E-state index in [1.807, 2.05) is 12.1 Å². The van der Waals surface area contributed by atoms with E-state index in [9.17, 15) is 9.18 Å². The van der Waals surface area contributed by atoms with Gasteiger partial charge in [0.1, 0.15) is 5.82 Å². The lowest BCUT2D eigenvalue weighted by atomic mass is 10.1. The summed E-state index contributed by atoms with van der Waals surface area (Å²) in [6.45, 7) is 0.308. The van der Waals surface area contributed by atoms with Gasteiger partial charge < -0.3 is 10.3 Å². The minimum atomic E-state index is -0.556. The molecule has 0 radical (unpaired) electrons. The van der Waals surface area contributed by atoms with Gasteiger partial charge in [-0.1, -0.05) is 53.5 Å². The third-order valence-electron chi connectivity index (χ3n) is 4.48. The second kappa shape index (κ2) is 6.31. The Labute approximate surface area is 158 Å². The van der Waals surface area contributed by atoms with Crippen LogP contribution in [0.4, 0.5) is 4.39 Å². The second-order valence-corrected chi connectivity index (χ2v) is 6.78. The van der Waals surface area contributed by atoms with Crippen LogP contribution in [0.2, 0.25) is 10.0 Å². The van der Waals surface area contributed by atoms with Crippen LogP contribution in [0.25, 0.3) is 21.8 Å². The highest BCUT2D eigenvalue weighted by molar-refractivity contribution is 6.42. The number of halogens is 3. The first kappa shape index (κ1) is 16.9. The van der Waals surface area contributed by atoms with Crippen molar-refractivity contribution in [1.29, 1.82) is 0 Å². The number of aromatic nitrogens is 1. The summed E-state index contributed by atoms with van der Waals surface area (Å²) in [4.78, 5) is 11.9. The first-order chi connectivity index (χ1) is 12.5. The molecule has 0 fully saturated rings. The van der Waals surface area contributed by atoms with E-state index in [4.69, 9.17) is 28.9 Å². The number of fused-ring (bicyclic) bond motifs is 3. The highest BCUT2D eigenvalue weighted by atomic mass is 35.5. The number of para-hydroxylation sites is 1. The SMILES string of the molecule is NC(=O)c1cccc2c1c1cccc(F)c1n2Cc1cccc(Cl)c1Cl. The number of rotatable bonds is 3. The van der Waals surface area contributed by atoms with Crippen molar-refractivity contribution >= 4 is 50.9 Å². The fraction of sp³-hybridized carbons (Fsp3) is 0.0500. The molecular weight excluding hydrogens is 374 g/mol. The average molecular weight is 387 g/mol. The van der Waals surface area contributed by atoms with Crippen LogP contribution in [-0.4, -0.2) is 10.5 Å². The molecule has 0 saturated heterocycles. The summed E-state index contributed by atoms with van der Waals surface area (Å²) >= 11 is 12.4. The Morgan fingerprint density at radius 3 is 2.54 bits per heavy atom. The number of benzene rings is 3. The van der Waals surface area contributed by atoms with E-state index in [1.54, 1.807) is 41.0 Å². The predicted molar refractivity (Wildman–Crippen MR) is 103 cm³/mol. The minimum absolute atomic E-state index is 0.308. The zero-order valence-corrected chi connectivity index (χ0v) is 15.0. The summed E-state index contributed by atoms with van der Waals surface area (Å²) in [5, 5.41) is 2.12. The van der Waals surface area contributed by atoms with E-state index in [0.29, 0.717) is 44.0 Å². The molecule has 130 valence electrons. The molecule has 1 aromatic heterocycles. The zero-order chi connectivity index (χ0) is 18.4. The summed E-state index contributed by atoms with van der Waals surface area (Å²) < 4.78 is 16.5. The van der Waals surface area contributed by atoms with Gasteiger partial charge in [0.05, 0.1) is 21.1 Å². The molecule has 0 spiro atoms. The van der Waals surface area contributed by atoms with Gasteiger partial charge in [-0.05, 0) is 29.8 Å². The monoisotopic (exact) mass is 386 g/mol. The largest absolute Gasteiger partial charge is 0.366 e. The van der Waals surface area contributed by atoms with Gasteiger partial charge in [-0.3, -0.25) is 4.79 Å². The lowest BCUT2D eigenvalue weighted by Crippen LogP contribution is -2.11. The minimum Gasteiger partial charge on any atom is -0.366 e. The Balaban J connectivity index is 2.09. The summed E-state index contributed by atoms with van der Waals surface area (Å²) in [6, 6.07) is 15.3. The Bertz CT molecular complexity index is 1180. The van der Waals surface area contributed by atoms with E-state index in [0.717, 1.165) is 5.56 Å². The van der Waals surface area contributed by atoms with Crippen molar-refractivity contribution in [1.82, 2.24) is 4.57 Å². The molecule has 0 atom stereocenters. The molecule has 2 N–H and O–H groups in total. The van der Waals surface area contributed by atoms with Gasteiger partial charge in [-0.2, -0.15) is 0 Å². The zero-order valence-electron chi connectivity index (χ0n) is 13.5. The molecule has 4 rings (SSSR count). The number of hydrogen-bond acceptors (Lipinski definition) is 1. The maximum absolute atomic E-state index is 14.7. The predicted octanol–water partition coefficient (Wildman–Crippen LogP) is 5.39. The lowest BCUT2D eigenvalue weighted by Gasteiger charge is -2.11. The summed E-state index contributed by atoms with van der Waals surface area (Å²) in [6.07, 6.45) is 0. The van der Waals surface area contributed by atoms with E-state index in [-0.39, 0.29) is 5.82 Å². The van der Waals surface area contributed by atoms with Gasteiger partial charge in [0, 0.05) is 22.9 Å². The third kappa shape index (κ3) is 2.54. The summed E-state index contributed by atoms with van der Waals surface area (Å²) in [5.41, 5.74) is 7.75. The Hall–Kier alpha value is -2.56. The molecule has 0 saturated carbocycles. The standard InChI is InChI=1S/C20H13Cl2FN2O/c21-14-7-1-4-11(18(14)22)10-25-16-9-3-6-13(20(24)26)17(16)12-5-2-8-15(23)19(12)25/h1-9H,10H2,(H2,24,26). The Morgan fingerprint density at radius 2 is 1.77 bits per heavy atom. The fourth-order valence-electron chi connectivity index (χ4n) is 3.37. The van der Waals surface area contributed by atoms with Crippen molar-refractivity contribution in [2.45, 2.75) is 6.54 Å². The molecule has 1 amide bonds. The highest BCUT2D eigenvalue weighted by Gasteiger charge is 2.19. The van der Waals surface area contributed by atoms with Crippen molar-refractivity contribution in [2.24, 2.45) is 5.73 Å². The van der Waals surface area contributed by atoms with Crippen LogP contribution in [0.5, 0.6) is 0 Å². The van der Waals surface area contributed by atoms with E-state index < -0.39 is 5.91 Å². The number of carbonyl (C=O) groups excluding carboxylic acids is 1. The Kier molecular flexibility index (Phi) is 4.10. The molecule has 0 bridgehead atoms. The van der Waals surface area contributed by atoms with Crippen molar-refractivity contribution < 1.29 is 9.18 Å². The van der Waals surface area contributed by atoms with Crippen molar-refractivity contribution in [3.8, 4) is 0 Å². The number of carbonyl (C=O) groups is 1. The van der Waals surface area contributed by atoms with Crippen LogP contribution in [0.3, 0.4) is 0 Å². The van der Waals surface area contributed by atoms with Gasteiger partial charge in [0.25, 0.3) is 0 Å². The molecule has 0 aliphatic heterocycles. The molecule has 0 aliphatic carbocycles. The summed E-state index contributed by atoms with van der Waals surface area (Å²) in [7, 11) is 0. The summed E-state index contributed by atoms with van der Waals surface area (Å²) in [5.74, 6) is -0.938. The quantitative estimate of drug-likeness (QED) is 0.504. The van der Waals surface area contributed by atoms with Crippen molar-refractivity contribution in [3.05, 3.63) is 81.6 Å². The van der Waals surface area contributed by atoms with Crippen LogP contribution in [0, 0.1) is 5.82 Å². The smallest absolute Gasteiger partial charge is 0.249 e. The topological polar surface area (TPSA) is 48.0 Å². The number of hydrogen-bond donors (Lipinski definition) is 1. The van der Waals surface area contributed by atoms with Crippen molar-refractivity contribution in [3.63, 3.8) is 0 Å². The molecule has 4 aromatic rings. The molecule has 1 heterocycles. The van der Waals surface area contributed by atoms with E-state index in [1.165, 1.54) is 6.07 Å².